The van der Waals surface area contributed by atoms with E-state index < -0.39 is 16.3 Å². The number of nitrogens with zero attached hydrogens (tertiary/aromatic N) is 4. The van der Waals surface area contributed by atoms with Gasteiger partial charge in [0.15, 0.2) is 0 Å². The van der Waals surface area contributed by atoms with E-state index in [1.165, 1.54) is 10.3 Å². The smallest absolute Gasteiger partial charge is 0.227 e. The van der Waals surface area contributed by atoms with Gasteiger partial charge in [0, 0.05) is 25.3 Å². The van der Waals surface area contributed by atoms with Crippen LogP contribution in [0.3, 0.4) is 0 Å². The summed E-state index contributed by atoms with van der Waals surface area (Å²) in [7, 11) is -1.10. The molecule has 0 fully saturated rings. The van der Waals surface area contributed by atoms with E-state index >= 15 is 0 Å². The van der Waals surface area contributed by atoms with E-state index in [-0.39, 0.29) is 6.61 Å². The van der Waals surface area contributed by atoms with Gasteiger partial charge in [-0.1, -0.05) is 18.2 Å². The van der Waals surface area contributed by atoms with Gasteiger partial charge in [0.1, 0.15) is 15.7 Å². The number of fused-ring (bicyclic) bond motifs is 2. The van der Waals surface area contributed by atoms with Crippen molar-refractivity contribution in [2.75, 3.05) is 35.7 Å². The number of benzene rings is 1. The summed E-state index contributed by atoms with van der Waals surface area (Å²) in [6.45, 7) is 5.24. The zero-order chi connectivity index (χ0) is 21.6. The van der Waals surface area contributed by atoms with Crippen molar-refractivity contribution in [3.63, 3.8) is 0 Å². The van der Waals surface area contributed by atoms with Gasteiger partial charge in [-0.3, -0.25) is 4.21 Å². The molecule has 31 heavy (non-hydrogen) atoms. The highest BCUT2D eigenvalue weighted by Gasteiger charge is 2.30. The molecule has 0 spiro atoms. The average molecular weight is 456 g/mol. The number of aromatic nitrogens is 3. The van der Waals surface area contributed by atoms with Crippen molar-refractivity contribution in [1.82, 2.24) is 15.0 Å². The second-order valence-electron chi connectivity index (χ2n) is 8.53. The van der Waals surface area contributed by atoms with Gasteiger partial charge in [-0.15, -0.1) is 11.3 Å². The number of hydrogen-bond donors (Lipinski definition) is 2. The van der Waals surface area contributed by atoms with Crippen LogP contribution in [0.15, 0.2) is 35.2 Å². The highest BCUT2D eigenvalue weighted by atomic mass is 32.2. The predicted molar refractivity (Wildman–Crippen MR) is 126 cm³/mol. The Morgan fingerprint density at radius 1 is 1.23 bits per heavy atom. The summed E-state index contributed by atoms with van der Waals surface area (Å²) >= 11 is 1.73. The molecule has 4 heterocycles. The molecule has 3 aromatic rings. The minimum atomic E-state index is -1.10. The molecule has 2 aromatic heterocycles. The van der Waals surface area contributed by atoms with E-state index in [0.29, 0.717) is 35.4 Å². The number of rotatable bonds is 5. The van der Waals surface area contributed by atoms with Crippen molar-refractivity contribution in [3.8, 4) is 0 Å². The largest absolute Gasteiger partial charge is 0.394 e. The van der Waals surface area contributed by atoms with Crippen LogP contribution in [0.1, 0.15) is 31.0 Å². The van der Waals surface area contributed by atoms with E-state index in [1.807, 2.05) is 26.0 Å². The number of para-hydroxylation sites is 1. The summed E-state index contributed by atoms with van der Waals surface area (Å²) in [5.41, 5.74) is 2.59. The molecule has 7 nitrogen and oxygen atoms in total. The van der Waals surface area contributed by atoms with Crippen LogP contribution >= 0.6 is 11.3 Å². The third kappa shape index (κ3) is 3.97. The number of hydrogen-bond acceptors (Lipinski definition) is 8. The lowest BCUT2D eigenvalue weighted by atomic mass is 10.1. The number of aliphatic hydroxyl groups excluding tert-OH is 1. The summed E-state index contributed by atoms with van der Waals surface area (Å²) in [6.07, 6.45) is 3.77. The van der Waals surface area contributed by atoms with Gasteiger partial charge in [-0.2, -0.15) is 4.98 Å². The topological polar surface area (TPSA) is 91.2 Å². The van der Waals surface area contributed by atoms with Crippen molar-refractivity contribution in [3.05, 3.63) is 41.0 Å². The lowest BCUT2D eigenvalue weighted by Gasteiger charge is -2.29. The highest BCUT2D eigenvalue weighted by Crippen LogP contribution is 2.34. The van der Waals surface area contributed by atoms with Crippen molar-refractivity contribution < 1.29 is 9.32 Å². The van der Waals surface area contributed by atoms with E-state index in [9.17, 15) is 9.32 Å². The first-order valence-electron chi connectivity index (χ1n) is 10.4. The predicted octanol–water partition coefficient (Wildman–Crippen LogP) is 3.23. The zero-order valence-electron chi connectivity index (χ0n) is 17.6. The molecule has 2 aliphatic heterocycles. The molecule has 0 saturated carbocycles. The summed E-state index contributed by atoms with van der Waals surface area (Å²) < 4.78 is 13.7. The monoisotopic (exact) mass is 455 g/mol. The SMILES string of the molecule is CC(C)(CO)Nc1nc(N2CC=C(c3nc4ccccc4s3)CC2)nc2c1S(=O)CC2. The fourth-order valence-electron chi connectivity index (χ4n) is 3.82. The molecular formula is C22H25N5O2S2. The number of thiazole rings is 1. The molecule has 2 N–H and O–H groups in total. The van der Waals surface area contributed by atoms with Crippen LogP contribution in [0.5, 0.6) is 0 Å². The Balaban J connectivity index is 1.42. The van der Waals surface area contributed by atoms with Crippen molar-refractivity contribution in [2.45, 2.75) is 37.1 Å². The van der Waals surface area contributed by atoms with E-state index in [4.69, 9.17) is 15.0 Å². The maximum Gasteiger partial charge on any atom is 0.227 e. The van der Waals surface area contributed by atoms with Crippen LogP contribution < -0.4 is 10.2 Å². The Morgan fingerprint density at radius 3 is 2.81 bits per heavy atom. The summed E-state index contributed by atoms with van der Waals surface area (Å²) in [5.74, 6) is 1.80. The van der Waals surface area contributed by atoms with Gasteiger partial charge >= 0.3 is 0 Å². The van der Waals surface area contributed by atoms with Gasteiger partial charge in [-0.25, -0.2) is 9.97 Å². The first-order chi connectivity index (χ1) is 14.9. The molecular weight excluding hydrogens is 430 g/mol. The van der Waals surface area contributed by atoms with Crippen molar-refractivity contribution in [1.29, 1.82) is 0 Å². The first kappa shape index (κ1) is 20.5. The lowest BCUT2D eigenvalue weighted by molar-refractivity contribution is 0.233. The molecule has 0 radical (unpaired) electrons. The maximum atomic E-state index is 12.5. The average Bonchev–Trinajstić information content (AvgIpc) is 3.37. The van der Waals surface area contributed by atoms with Crippen LogP contribution in [-0.2, 0) is 17.2 Å². The van der Waals surface area contributed by atoms with Crippen molar-refractivity contribution >= 4 is 49.7 Å². The molecule has 0 aliphatic carbocycles. The van der Waals surface area contributed by atoms with Crippen LogP contribution in [0.4, 0.5) is 11.8 Å². The Kier molecular flexibility index (Phi) is 5.27. The molecule has 1 aromatic carbocycles. The molecule has 162 valence electrons. The van der Waals surface area contributed by atoms with Crippen LogP contribution in [0, 0.1) is 0 Å². The maximum absolute atomic E-state index is 12.5. The van der Waals surface area contributed by atoms with Crippen LogP contribution in [0.2, 0.25) is 0 Å². The zero-order valence-corrected chi connectivity index (χ0v) is 19.2. The Labute approximate surface area is 187 Å². The van der Waals surface area contributed by atoms with Crippen LogP contribution in [-0.4, -0.2) is 55.3 Å². The number of aliphatic hydroxyl groups is 1. The van der Waals surface area contributed by atoms with Gasteiger partial charge in [0.05, 0.1) is 38.9 Å². The number of aryl methyl sites for hydroxylation is 1. The molecule has 5 rings (SSSR count). The second kappa shape index (κ2) is 7.96. The van der Waals surface area contributed by atoms with Crippen molar-refractivity contribution in [2.24, 2.45) is 0 Å². The fraction of sp³-hybridized carbons (Fsp3) is 0.409. The van der Waals surface area contributed by atoms with E-state index in [0.717, 1.165) is 29.2 Å². The highest BCUT2D eigenvalue weighted by molar-refractivity contribution is 7.85. The number of nitrogens with one attached hydrogen (secondary N) is 1. The van der Waals surface area contributed by atoms with Crippen LogP contribution in [0.25, 0.3) is 15.8 Å². The molecule has 2 aliphatic rings. The van der Waals surface area contributed by atoms with E-state index in [2.05, 4.69) is 28.4 Å². The summed E-state index contributed by atoms with van der Waals surface area (Å²) in [5, 5.41) is 14.0. The molecule has 9 heteroatoms. The summed E-state index contributed by atoms with van der Waals surface area (Å²) in [4.78, 5) is 17.1. The molecule has 0 bridgehead atoms. The fourth-order valence-corrected chi connectivity index (χ4v) is 6.16. The van der Waals surface area contributed by atoms with Gasteiger partial charge in [-0.05, 0) is 38.0 Å². The van der Waals surface area contributed by atoms with E-state index in [1.54, 1.807) is 11.3 Å². The molecule has 0 saturated heterocycles. The molecule has 1 atom stereocenters. The van der Waals surface area contributed by atoms with Gasteiger partial charge in [0.2, 0.25) is 5.95 Å². The minimum absolute atomic E-state index is 0.0499. The summed E-state index contributed by atoms with van der Waals surface area (Å²) in [6, 6.07) is 8.22. The number of anilines is 2. The Bertz CT molecular complexity index is 1170. The van der Waals surface area contributed by atoms with Gasteiger partial charge < -0.3 is 15.3 Å². The third-order valence-electron chi connectivity index (χ3n) is 5.59. The standard InChI is InChI=1S/C22H25N5O2S2/c1-22(2,13-28)26-19-18-16(9-12-31(18)29)24-21(25-19)27-10-7-14(8-11-27)20-23-15-5-3-4-6-17(15)30-20/h3-7,28H,8-13H2,1-2H3,(H,24,25,26). The lowest BCUT2D eigenvalue weighted by Crippen LogP contribution is -2.36. The normalized spacial score (nSPS) is 18.9. The second-order valence-corrected chi connectivity index (χ2v) is 11.1. The first-order valence-corrected chi connectivity index (χ1v) is 12.6. The molecule has 0 amide bonds. The molecule has 1 unspecified atom stereocenters. The Hall–Kier alpha value is -2.36. The third-order valence-corrected chi connectivity index (χ3v) is 8.16. The minimum Gasteiger partial charge on any atom is -0.394 e. The quantitative estimate of drug-likeness (QED) is 0.610. The Morgan fingerprint density at radius 2 is 2.06 bits per heavy atom. The van der Waals surface area contributed by atoms with Gasteiger partial charge in [0.25, 0.3) is 0 Å².